The highest BCUT2D eigenvalue weighted by Crippen LogP contribution is 2.45. The van der Waals surface area contributed by atoms with Crippen LogP contribution in [-0.4, -0.2) is 25.9 Å². The molecule has 0 radical (unpaired) electrons. The zero-order valence-corrected chi connectivity index (χ0v) is 14.9. The van der Waals surface area contributed by atoms with Gasteiger partial charge in [0.05, 0.1) is 4.90 Å². The molecule has 130 valence electrons. The van der Waals surface area contributed by atoms with Gasteiger partial charge in [0.15, 0.2) is 0 Å². The van der Waals surface area contributed by atoms with E-state index in [0.29, 0.717) is 23.8 Å². The first-order valence-electron chi connectivity index (χ1n) is 8.48. The van der Waals surface area contributed by atoms with Gasteiger partial charge in [-0.2, -0.15) is 4.72 Å². The maximum absolute atomic E-state index is 12.7. The minimum absolute atomic E-state index is 0.0917. The monoisotopic (exact) mass is 368 g/mol. The first-order valence-corrected chi connectivity index (χ1v) is 10.3. The van der Waals surface area contributed by atoms with Gasteiger partial charge in [0.2, 0.25) is 15.9 Å². The molecule has 7 heteroatoms. The summed E-state index contributed by atoms with van der Waals surface area (Å²) in [4.78, 5) is 12.8. The van der Waals surface area contributed by atoms with Crippen LogP contribution in [0.25, 0.3) is 0 Å². The van der Waals surface area contributed by atoms with E-state index in [4.69, 9.17) is 11.6 Å². The van der Waals surface area contributed by atoms with Crippen molar-refractivity contribution in [1.29, 1.82) is 0 Å². The fourth-order valence-electron chi connectivity index (χ4n) is 4.18. The predicted octanol–water partition coefficient (Wildman–Crippen LogP) is 2.46. The first kappa shape index (κ1) is 16.4. The van der Waals surface area contributed by atoms with Crippen molar-refractivity contribution in [2.45, 2.75) is 55.0 Å². The minimum Gasteiger partial charge on any atom is -0.351 e. The summed E-state index contributed by atoms with van der Waals surface area (Å²) in [6.45, 7) is 0. The predicted molar refractivity (Wildman–Crippen MR) is 91.1 cm³/mol. The van der Waals surface area contributed by atoms with Crippen molar-refractivity contribution in [2.24, 2.45) is 11.8 Å². The van der Waals surface area contributed by atoms with Gasteiger partial charge < -0.3 is 5.32 Å². The number of nitrogens with one attached hydrogen (secondary N) is 2. The van der Waals surface area contributed by atoms with Crippen molar-refractivity contribution < 1.29 is 13.2 Å². The van der Waals surface area contributed by atoms with Crippen LogP contribution in [-0.2, 0) is 14.8 Å². The molecule has 5 nitrogen and oxygen atoms in total. The molecule has 0 saturated heterocycles. The van der Waals surface area contributed by atoms with E-state index in [0.717, 1.165) is 12.3 Å². The Morgan fingerprint density at radius 1 is 1.21 bits per heavy atom. The molecule has 2 bridgehead atoms. The van der Waals surface area contributed by atoms with E-state index < -0.39 is 15.6 Å². The fourth-order valence-corrected chi connectivity index (χ4v) is 5.90. The summed E-state index contributed by atoms with van der Waals surface area (Å²) in [5.74, 6) is 1.13. The second kappa shape index (κ2) is 5.71. The summed E-state index contributed by atoms with van der Waals surface area (Å²) in [5.41, 5.74) is -0.983. The maximum Gasteiger partial charge on any atom is 0.241 e. The lowest BCUT2D eigenvalue weighted by molar-refractivity contribution is -0.124. The lowest BCUT2D eigenvalue weighted by Crippen LogP contribution is -2.52. The average molecular weight is 369 g/mol. The molecule has 24 heavy (non-hydrogen) atoms. The smallest absolute Gasteiger partial charge is 0.241 e. The molecule has 3 aliphatic rings. The molecule has 2 unspecified atom stereocenters. The zero-order chi connectivity index (χ0) is 16.9. The summed E-state index contributed by atoms with van der Waals surface area (Å²) in [7, 11) is -3.76. The maximum atomic E-state index is 12.7. The molecule has 1 aromatic carbocycles. The van der Waals surface area contributed by atoms with Crippen LogP contribution < -0.4 is 10.0 Å². The Balaban J connectivity index is 1.46. The van der Waals surface area contributed by atoms with Gasteiger partial charge in [-0.15, -0.1) is 0 Å². The minimum atomic E-state index is -3.76. The van der Waals surface area contributed by atoms with Crippen molar-refractivity contribution in [1.82, 2.24) is 10.0 Å². The van der Waals surface area contributed by atoms with Gasteiger partial charge in [-0.25, -0.2) is 8.42 Å². The van der Waals surface area contributed by atoms with Gasteiger partial charge in [-0.3, -0.25) is 4.79 Å². The summed E-state index contributed by atoms with van der Waals surface area (Å²) in [5, 5.41) is 3.46. The van der Waals surface area contributed by atoms with Crippen LogP contribution in [0, 0.1) is 11.8 Å². The van der Waals surface area contributed by atoms with Gasteiger partial charge >= 0.3 is 0 Å². The second-order valence-electron chi connectivity index (χ2n) is 7.40. The third-order valence-electron chi connectivity index (χ3n) is 5.68. The number of carbonyl (C=O) groups excluding carboxylic acids is 1. The third kappa shape index (κ3) is 2.95. The molecular formula is C17H21ClN2O3S. The Kier molecular flexibility index (Phi) is 3.90. The van der Waals surface area contributed by atoms with Crippen LogP contribution in [0.1, 0.15) is 38.5 Å². The van der Waals surface area contributed by atoms with E-state index in [1.165, 1.54) is 31.4 Å². The fraction of sp³-hybridized carbons (Fsp3) is 0.588. The molecule has 3 aliphatic carbocycles. The molecule has 0 heterocycles. The number of halogens is 1. The van der Waals surface area contributed by atoms with Crippen LogP contribution >= 0.6 is 11.6 Å². The molecule has 3 fully saturated rings. The molecule has 1 amide bonds. The van der Waals surface area contributed by atoms with Gasteiger partial charge in [0.1, 0.15) is 5.54 Å². The summed E-state index contributed by atoms with van der Waals surface area (Å²) in [6.07, 6.45) is 5.76. The Morgan fingerprint density at radius 2 is 2.00 bits per heavy atom. The van der Waals surface area contributed by atoms with E-state index in [2.05, 4.69) is 10.0 Å². The van der Waals surface area contributed by atoms with Crippen LogP contribution in [0.5, 0.6) is 0 Å². The molecule has 3 saturated carbocycles. The third-order valence-corrected chi connectivity index (χ3v) is 7.44. The Labute approximate surface area is 147 Å². The molecule has 0 spiro atoms. The first-order chi connectivity index (χ1) is 11.4. The number of rotatable bonds is 5. The number of amides is 1. The quantitative estimate of drug-likeness (QED) is 0.838. The van der Waals surface area contributed by atoms with Crippen LogP contribution in [0.2, 0.25) is 5.02 Å². The Bertz CT molecular complexity index is 776. The van der Waals surface area contributed by atoms with E-state index in [1.54, 1.807) is 12.1 Å². The number of hydrogen-bond donors (Lipinski definition) is 2. The van der Waals surface area contributed by atoms with Gasteiger partial charge in [0.25, 0.3) is 0 Å². The van der Waals surface area contributed by atoms with Crippen molar-refractivity contribution in [2.75, 3.05) is 0 Å². The molecule has 0 aromatic heterocycles. The van der Waals surface area contributed by atoms with Crippen LogP contribution in [0.15, 0.2) is 29.2 Å². The van der Waals surface area contributed by atoms with E-state index in [-0.39, 0.29) is 16.8 Å². The highest BCUT2D eigenvalue weighted by Gasteiger charge is 2.54. The highest BCUT2D eigenvalue weighted by molar-refractivity contribution is 7.89. The summed E-state index contributed by atoms with van der Waals surface area (Å²) in [6, 6.07) is 6.30. The van der Waals surface area contributed by atoms with Crippen molar-refractivity contribution in [3.05, 3.63) is 29.3 Å². The normalized spacial score (nSPS) is 30.3. The standard InChI is InChI=1S/C17H21ClN2O3S/c18-13-2-1-3-14(10-13)24(22,23)20-17(6-7-17)16(21)19-15-9-11-4-5-12(15)8-11/h1-3,10-12,15,20H,4-9H2,(H,19,21)/t11?,12?,15-/m1/s1. The molecular weight excluding hydrogens is 348 g/mol. The lowest BCUT2D eigenvalue weighted by atomic mass is 9.95. The topological polar surface area (TPSA) is 75.3 Å². The molecule has 3 atom stereocenters. The molecule has 0 aliphatic heterocycles. The number of sulfonamides is 1. The van der Waals surface area contributed by atoms with Gasteiger partial charge in [-0.05, 0) is 62.1 Å². The molecule has 1 aromatic rings. The Morgan fingerprint density at radius 3 is 2.58 bits per heavy atom. The Hall–Kier alpha value is -1.11. The van der Waals surface area contributed by atoms with Gasteiger partial charge in [0, 0.05) is 11.1 Å². The summed E-state index contributed by atoms with van der Waals surface area (Å²) >= 11 is 5.88. The second-order valence-corrected chi connectivity index (χ2v) is 9.52. The average Bonchev–Trinajstić information content (AvgIpc) is 3.01. The number of carbonyl (C=O) groups is 1. The largest absolute Gasteiger partial charge is 0.351 e. The van der Waals surface area contributed by atoms with E-state index in [9.17, 15) is 13.2 Å². The SMILES string of the molecule is O=C(N[C@@H]1CC2CCC1C2)C1(NS(=O)(=O)c2cccc(Cl)c2)CC1. The van der Waals surface area contributed by atoms with Crippen LogP contribution in [0.4, 0.5) is 0 Å². The number of hydrogen-bond acceptors (Lipinski definition) is 3. The zero-order valence-electron chi connectivity index (χ0n) is 13.3. The molecule has 4 rings (SSSR count). The number of fused-ring (bicyclic) bond motifs is 2. The lowest BCUT2D eigenvalue weighted by Gasteiger charge is -2.26. The molecule has 2 N–H and O–H groups in total. The van der Waals surface area contributed by atoms with Crippen molar-refractivity contribution in [3.8, 4) is 0 Å². The van der Waals surface area contributed by atoms with E-state index >= 15 is 0 Å². The van der Waals surface area contributed by atoms with Crippen LogP contribution in [0.3, 0.4) is 0 Å². The van der Waals surface area contributed by atoms with E-state index in [1.807, 2.05) is 0 Å². The van der Waals surface area contributed by atoms with Crippen molar-refractivity contribution >= 4 is 27.5 Å². The summed E-state index contributed by atoms with van der Waals surface area (Å²) < 4.78 is 27.7. The highest BCUT2D eigenvalue weighted by atomic mass is 35.5. The van der Waals surface area contributed by atoms with Crippen molar-refractivity contribution in [3.63, 3.8) is 0 Å². The number of benzene rings is 1. The van der Waals surface area contributed by atoms with Gasteiger partial charge in [-0.1, -0.05) is 24.1 Å².